The van der Waals surface area contributed by atoms with E-state index in [9.17, 15) is 29.8 Å². The minimum Gasteiger partial charge on any atom is -0.481 e. The quantitative estimate of drug-likeness (QED) is 0.196. The minimum atomic E-state index is -0.906. The Morgan fingerprint density at radius 2 is 0.975 bits per heavy atom. The molecule has 4 aromatic carbocycles. The summed E-state index contributed by atoms with van der Waals surface area (Å²) in [4.78, 5) is 46.3. The fourth-order valence-corrected chi connectivity index (χ4v) is 3.80. The van der Waals surface area contributed by atoms with Crippen molar-refractivity contribution in [3.05, 3.63) is 105 Å². The van der Waals surface area contributed by atoms with Gasteiger partial charge in [0, 0.05) is 46.4 Å². The van der Waals surface area contributed by atoms with Crippen LogP contribution in [0.2, 0.25) is 0 Å². The first-order valence-electron chi connectivity index (χ1n) is 12.1. The molecule has 12 heteroatoms. The highest BCUT2D eigenvalue weighted by atomic mass is 16.6. The van der Waals surface area contributed by atoms with Gasteiger partial charge in [0.2, 0.25) is 0 Å². The summed E-state index contributed by atoms with van der Waals surface area (Å²) in [5.41, 5.74) is 0.812. The van der Waals surface area contributed by atoms with Crippen molar-refractivity contribution in [2.45, 2.75) is 26.1 Å². The van der Waals surface area contributed by atoms with Gasteiger partial charge in [-0.1, -0.05) is 24.3 Å². The summed E-state index contributed by atoms with van der Waals surface area (Å²) in [5, 5.41) is 28.6. The van der Waals surface area contributed by atoms with Crippen molar-refractivity contribution < 1.29 is 28.9 Å². The summed E-state index contributed by atoms with van der Waals surface area (Å²) < 4.78 is 11.3. The maximum absolute atomic E-state index is 12.9. The van der Waals surface area contributed by atoms with Gasteiger partial charge in [0.1, 0.15) is 11.5 Å². The van der Waals surface area contributed by atoms with Crippen molar-refractivity contribution in [1.82, 2.24) is 0 Å². The molecule has 0 aliphatic carbocycles. The molecule has 2 N–H and O–H groups in total. The highest BCUT2D eigenvalue weighted by Gasteiger charge is 2.19. The standard InChI is InChI=1S/C28H24N4O8/c1-17(39-21-13-9-19(10-14-21)31(35)36)27(33)29-25-7-3-6-24-23(25)5-4-8-26(24)30-28(34)18(2)40-22-15-11-20(12-16-22)32(37)38/h3-18H,1-2H3,(H,29,33)(H,30,34). The molecule has 40 heavy (non-hydrogen) atoms. The second-order valence-corrected chi connectivity index (χ2v) is 8.71. The lowest BCUT2D eigenvalue weighted by molar-refractivity contribution is -0.385. The second kappa shape index (κ2) is 11.9. The Kier molecular flexibility index (Phi) is 8.19. The Balaban J connectivity index is 1.44. The van der Waals surface area contributed by atoms with E-state index in [1.165, 1.54) is 48.5 Å². The zero-order valence-electron chi connectivity index (χ0n) is 21.4. The van der Waals surface area contributed by atoms with Gasteiger partial charge in [0.15, 0.2) is 12.2 Å². The van der Waals surface area contributed by atoms with E-state index in [1.807, 2.05) is 0 Å². The Hall–Kier alpha value is -5.52. The monoisotopic (exact) mass is 544 g/mol. The summed E-state index contributed by atoms with van der Waals surface area (Å²) in [6.07, 6.45) is -1.81. The first-order valence-corrected chi connectivity index (χ1v) is 12.1. The molecule has 12 nitrogen and oxygen atoms in total. The maximum Gasteiger partial charge on any atom is 0.269 e. The molecular weight excluding hydrogens is 520 g/mol. The smallest absolute Gasteiger partial charge is 0.269 e. The normalized spacial score (nSPS) is 12.2. The van der Waals surface area contributed by atoms with Crippen LogP contribution in [0.15, 0.2) is 84.9 Å². The van der Waals surface area contributed by atoms with Gasteiger partial charge >= 0.3 is 0 Å². The van der Waals surface area contributed by atoms with Gasteiger partial charge in [0.05, 0.1) is 9.85 Å². The van der Waals surface area contributed by atoms with E-state index in [0.717, 1.165) is 0 Å². The maximum atomic E-state index is 12.9. The molecule has 0 aromatic heterocycles. The van der Waals surface area contributed by atoms with E-state index >= 15 is 0 Å². The topological polar surface area (TPSA) is 163 Å². The fourth-order valence-electron chi connectivity index (χ4n) is 3.80. The number of nitrogens with zero attached hydrogens (tertiary/aromatic N) is 2. The zero-order valence-corrected chi connectivity index (χ0v) is 21.4. The van der Waals surface area contributed by atoms with Gasteiger partial charge in [-0.3, -0.25) is 29.8 Å². The number of carbonyl (C=O) groups excluding carboxylic acids is 2. The van der Waals surface area contributed by atoms with Crippen LogP contribution in [0.4, 0.5) is 22.7 Å². The van der Waals surface area contributed by atoms with E-state index in [-0.39, 0.29) is 11.4 Å². The van der Waals surface area contributed by atoms with Gasteiger partial charge in [-0.25, -0.2) is 0 Å². The summed E-state index contributed by atoms with van der Waals surface area (Å²) in [6.45, 7) is 3.11. The number of hydrogen-bond donors (Lipinski definition) is 2. The lowest BCUT2D eigenvalue weighted by Gasteiger charge is -2.18. The first kappa shape index (κ1) is 27.5. The average molecular weight is 545 g/mol. The molecule has 2 amide bonds. The van der Waals surface area contributed by atoms with Crippen LogP contribution in [0.25, 0.3) is 10.8 Å². The van der Waals surface area contributed by atoms with Gasteiger partial charge in [-0.2, -0.15) is 0 Å². The number of rotatable bonds is 10. The Labute approximate surface area is 227 Å². The number of anilines is 2. The van der Waals surface area contributed by atoms with Gasteiger partial charge < -0.3 is 20.1 Å². The van der Waals surface area contributed by atoms with Crippen LogP contribution in [-0.4, -0.2) is 33.9 Å². The fraction of sp³-hybridized carbons (Fsp3) is 0.143. The second-order valence-electron chi connectivity index (χ2n) is 8.71. The van der Waals surface area contributed by atoms with Crippen LogP contribution in [0.1, 0.15) is 13.8 Å². The van der Waals surface area contributed by atoms with Crippen LogP contribution in [0.3, 0.4) is 0 Å². The van der Waals surface area contributed by atoms with Crippen LogP contribution in [-0.2, 0) is 9.59 Å². The van der Waals surface area contributed by atoms with Gasteiger partial charge in [-0.05, 0) is 50.2 Å². The molecule has 0 fully saturated rings. The Bertz CT molecular complexity index is 1450. The molecule has 2 atom stereocenters. The van der Waals surface area contributed by atoms with E-state index < -0.39 is 33.9 Å². The number of amides is 2. The third-order valence-corrected chi connectivity index (χ3v) is 5.90. The molecule has 204 valence electrons. The molecule has 0 saturated heterocycles. The number of carbonyl (C=O) groups is 2. The molecule has 0 saturated carbocycles. The summed E-state index contributed by atoms with van der Waals surface area (Å²) in [7, 11) is 0. The molecule has 0 aliphatic rings. The number of non-ortho nitro benzene ring substituents is 2. The number of nitro benzene ring substituents is 2. The number of ether oxygens (including phenoxy) is 2. The predicted octanol–water partition coefficient (Wildman–Crippen LogP) is 5.47. The summed E-state index contributed by atoms with van der Waals surface area (Å²) in [6, 6.07) is 21.3. The third-order valence-electron chi connectivity index (χ3n) is 5.90. The Morgan fingerprint density at radius 3 is 1.30 bits per heavy atom. The van der Waals surface area contributed by atoms with Crippen LogP contribution in [0, 0.1) is 20.2 Å². The Morgan fingerprint density at radius 1 is 0.625 bits per heavy atom. The average Bonchev–Trinajstić information content (AvgIpc) is 2.94. The lowest BCUT2D eigenvalue weighted by atomic mass is 10.1. The largest absolute Gasteiger partial charge is 0.481 e. The molecule has 0 bridgehead atoms. The van der Waals surface area contributed by atoms with E-state index in [1.54, 1.807) is 50.2 Å². The van der Waals surface area contributed by atoms with Gasteiger partial charge in [-0.15, -0.1) is 0 Å². The molecule has 4 rings (SSSR count). The van der Waals surface area contributed by atoms with Crippen LogP contribution >= 0.6 is 0 Å². The molecule has 0 spiro atoms. The van der Waals surface area contributed by atoms with Crippen molar-refractivity contribution in [2.24, 2.45) is 0 Å². The highest BCUT2D eigenvalue weighted by molar-refractivity contribution is 6.10. The van der Waals surface area contributed by atoms with Crippen molar-refractivity contribution in [2.75, 3.05) is 10.6 Å². The number of nitro groups is 2. The minimum absolute atomic E-state index is 0.0876. The number of hydrogen-bond acceptors (Lipinski definition) is 8. The molecule has 2 unspecified atom stereocenters. The van der Waals surface area contributed by atoms with Gasteiger partial charge in [0.25, 0.3) is 23.2 Å². The number of nitrogens with one attached hydrogen (secondary N) is 2. The lowest BCUT2D eigenvalue weighted by Crippen LogP contribution is -2.30. The highest BCUT2D eigenvalue weighted by Crippen LogP contribution is 2.30. The molecule has 0 heterocycles. The van der Waals surface area contributed by atoms with Crippen LogP contribution in [0.5, 0.6) is 11.5 Å². The summed E-state index contributed by atoms with van der Waals surface area (Å²) in [5.74, 6) is -0.265. The SMILES string of the molecule is CC(Oc1ccc([N+](=O)[O-])cc1)C(=O)Nc1cccc2c(NC(=O)C(C)Oc3ccc([N+](=O)[O-])cc3)cccc12. The van der Waals surface area contributed by atoms with Crippen LogP contribution < -0.4 is 20.1 Å². The van der Waals surface area contributed by atoms with Crippen molar-refractivity contribution in [3.8, 4) is 11.5 Å². The molecule has 4 aromatic rings. The zero-order chi connectivity index (χ0) is 28.8. The van der Waals surface area contributed by atoms with Crippen molar-refractivity contribution in [3.63, 3.8) is 0 Å². The number of fused-ring (bicyclic) bond motifs is 1. The van der Waals surface area contributed by atoms with Crippen molar-refractivity contribution >= 4 is 45.3 Å². The number of benzene rings is 4. The predicted molar refractivity (Wildman–Crippen MR) is 148 cm³/mol. The van der Waals surface area contributed by atoms with E-state index in [4.69, 9.17) is 9.47 Å². The first-order chi connectivity index (χ1) is 19.1. The molecular formula is C28H24N4O8. The molecule has 0 aliphatic heterocycles. The van der Waals surface area contributed by atoms with Crippen molar-refractivity contribution in [1.29, 1.82) is 0 Å². The van der Waals surface area contributed by atoms with E-state index in [2.05, 4.69) is 10.6 Å². The summed E-state index contributed by atoms with van der Waals surface area (Å²) >= 11 is 0. The molecule has 0 radical (unpaired) electrons. The third kappa shape index (κ3) is 6.48. The van der Waals surface area contributed by atoms with E-state index in [0.29, 0.717) is 33.6 Å².